The number of halogens is 2. The summed E-state index contributed by atoms with van der Waals surface area (Å²) < 4.78 is 40.3. The number of hydrogen-bond donors (Lipinski definition) is 1. The summed E-state index contributed by atoms with van der Waals surface area (Å²) in [7, 11) is 0. The van der Waals surface area contributed by atoms with Crippen molar-refractivity contribution in [3.8, 4) is 0 Å². The minimum absolute atomic E-state index is 0.0361. The zero-order chi connectivity index (χ0) is 20.8. The van der Waals surface area contributed by atoms with E-state index < -0.39 is 35.5 Å². The number of ether oxygens (including phenoxy) is 2. The van der Waals surface area contributed by atoms with Gasteiger partial charge in [-0.3, -0.25) is 10.1 Å². The van der Waals surface area contributed by atoms with Crippen LogP contribution in [0.5, 0.6) is 0 Å². The maximum Gasteiger partial charge on any atom is 0.410 e. The Morgan fingerprint density at radius 1 is 1.07 bits per heavy atom. The average Bonchev–Trinajstić information content (AvgIpc) is 2.71. The van der Waals surface area contributed by atoms with Crippen LogP contribution >= 0.6 is 0 Å². The van der Waals surface area contributed by atoms with Crippen LogP contribution in [0.3, 0.4) is 0 Å². The molecule has 0 saturated heterocycles. The molecular weight excluding hydrogens is 368 g/mol. The molecule has 1 unspecified atom stereocenters. The Kier molecular flexibility index (Phi) is 7.01. The van der Waals surface area contributed by atoms with E-state index in [2.05, 4.69) is 5.32 Å². The second-order valence-corrected chi connectivity index (χ2v) is 8.49. The van der Waals surface area contributed by atoms with Gasteiger partial charge in [0.15, 0.2) is 0 Å². The van der Waals surface area contributed by atoms with Crippen molar-refractivity contribution in [2.45, 2.75) is 77.6 Å². The molecule has 1 amide bonds. The Labute approximate surface area is 164 Å². The van der Waals surface area contributed by atoms with Crippen molar-refractivity contribution in [3.05, 3.63) is 35.9 Å². The number of hydrogen-bond acceptors (Lipinski definition) is 4. The first-order valence-electron chi connectivity index (χ1n) is 9.62. The standard InChI is InChI=1S/C21H29F2NO4/c1-19(2,3)14-17(25)28-21(13-9-5-8-12-20(21,22)23)24-18(26)27-15-16-10-6-4-7-11-16/h4,6-7,10-11H,5,8-9,12-15H2,1-3H3,(H,24,26). The van der Waals surface area contributed by atoms with Crippen LogP contribution in [0.1, 0.15) is 64.9 Å². The number of esters is 1. The Balaban J connectivity index is 2.15. The highest BCUT2D eigenvalue weighted by molar-refractivity contribution is 5.73. The minimum Gasteiger partial charge on any atom is -0.445 e. The molecule has 0 aliphatic heterocycles. The Morgan fingerprint density at radius 2 is 1.71 bits per heavy atom. The van der Waals surface area contributed by atoms with Crippen LogP contribution in [-0.2, 0) is 20.9 Å². The van der Waals surface area contributed by atoms with Gasteiger partial charge in [-0.1, -0.05) is 57.5 Å². The van der Waals surface area contributed by atoms with Gasteiger partial charge in [0, 0.05) is 12.8 Å². The summed E-state index contributed by atoms with van der Waals surface area (Å²) in [6.07, 6.45) is -0.399. The van der Waals surface area contributed by atoms with Gasteiger partial charge in [0.05, 0.1) is 6.42 Å². The number of carbonyl (C=O) groups excluding carboxylic acids is 2. The van der Waals surface area contributed by atoms with Gasteiger partial charge in [0.25, 0.3) is 5.72 Å². The van der Waals surface area contributed by atoms with E-state index in [1.54, 1.807) is 24.3 Å². The first-order chi connectivity index (χ1) is 13.0. The molecule has 156 valence electrons. The quantitative estimate of drug-likeness (QED) is 0.422. The molecule has 7 heteroatoms. The normalized spacial score (nSPS) is 22.0. The third kappa shape index (κ3) is 6.17. The summed E-state index contributed by atoms with van der Waals surface area (Å²) in [4.78, 5) is 24.6. The number of benzene rings is 1. The van der Waals surface area contributed by atoms with Crippen molar-refractivity contribution in [1.82, 2.24) is 5.32 Å². The molecule has 0 heterocycles. The lowest BCUT2D eigenvalue weighted by atomic mass is 9.92. The molecule has 1 N–H and O–H groups in total. The van der Waals surface area contributed by atoms with E-state index in [1.807, 2.05) is 26.8 Å². The highest BCUT2D eigenvalue weighted by Gasteiger charge is 2.58. The van der Waals surface area contributed by atoms with Gasteiger partial charge in [-0.05, 0) is 23.8 Å². The van der Waals surface area contributed by atoms with Crippen molar-refractivity contribution >= 4 is 12.1 Å². The molecule has 1 atom stereocenters. The van der Waals surface area contributed by atoms with Crippen molar-refractivity contribution < 1.29 is 27.8 Å². The fraction of sp³-hybridized carbons (Fsp3) is 0.619. The molecule has 28 heavy (non-hydrogen) atoms. The van der Waals surface area contributed by atoms with E-state index in [1.165, 1.54) is 0 Å². The van der Waals surface area contributed by atoms with Crippen LogP contribution in [0.2, 0.25) is 0 Å². The van der Waals surface area contributed by atoms with Crippen LogP contribution in [-0.4, -0.2) is 23.7 Å². The van der Waals surface area contributed by atoms with E-state index in [0.29, 0.717) is 19.3 Å². The van der Waals surface area contributed by atoms with Crippen molar-refractivity contribution in [1.29, 1.82) is 0 Å². The third-order valence-corrected chi connectivity index (χ3v) is 4.59. The second-order valence-electron chi connectivity index (χ2n) is 8.49. The number of rotatable bonds is 5. The van der Waals surface area contributed by atoms with E-state index in [9.17, 15) is 18.4 Å². The maximum atomic E-state index is 15.0. The molecule has 1 aromatic carbocycles. The summed E-state index contributed by atoms with van der Waals surface area (Å²) in [6, 6.07) is 8.90. The van der Waals surface area contributed by atoms with Crippen LogP contribution < -0.4 is 5.32 Å². The Hall–Kier alpha value is -2.18. The SMILES string of the molecule is CC(C)(C)CC(=O)OC1(NC(=O)OCc2ccccc2)CCCCCC1(F)F. The molecule has 0 aromatic heterocycles. The lowest BCUT2D eigenvalue weighted by Crippen LogP contribution is -2.62. The lowest BCUT2D eigenvalue weighted by Gasteiger charge is -2.39. The lowest BCUT2D eigenvalue weighted by molar-refractivity contribution is -0.225. The van der Waals surface area contributed by atoms with Crippen molar-refractivity contribution in [2.24, 2.45) is 5.41 Å². The summed E-state index contributed by atoms with van der Waals surface area (Å²) in [5.41, 5.74) is -2.09. The predicted molar refractivity (Wildman–Crippen MR) is 101 cm³/mol. The molecule has 5 nitrogen and oxygen atoms in total. The molecule has 1 fully saturated rings. The monoisotopic (exact) mass is 397 g/mol. The van der Waals surface area contributed by atoms with Gasteiger partial charge in [0.2, 0.25) is 0 Å². The third-order valence-electron chi connectivity index (χ3n) is 4.59. The summed E-state index contributed by atoms with van der Waals surface area (Å²) in [5, 5.41) is 2.20. The number of amides is 1. The molecule has 1 saturated carbocycles. The van der Waals surface area contributed by atoms with Gasteiger partial charge in [0.1, 0.15) is 6.61 Å². The summed E-state index contributed by atoms with van der Waals surface area (Å²) in [5.74, 6) is -4.15. The molecular formula is C21H29F2NO4. The van der Waals surface area contributed by atoms with Gasteiger partial charge in [-0.2, -0.15) is 8.78 Å². The molecule has 0 bridgehead atoms. The summed E-state index contributed by atoms with van der Waals surface area (Å²) in [6.45, 7) is 5.37. The highest BCUT2D eigenvalue weighted by atomic mass is 19.3. The van der Waals surface area contributed by atoms with E-state index >= 15 is 0 Å². The second kappa shape index (κ2) is 8.88. The van der Waals surface area contributed by atoms with Gasteiger partial charge in [-0.15, -0.1) is 0 Å². The molecule has 1 aliphatic carbocycles. The first kappa shape index (κ1) is 22.1. The van der Waals surface area contributed by atoms with Gasteiger partial charge < -0.3 is 9.47 Å². The zero-order valence-electron chi connectivity index (χ0n) is 16.7. The fourth-order valence-corrected chi connectivity index (χ4v) is 3.18. The average molecular weight is 397 g/mol. The van der Waals surface area contributed by atoms with Gasteiger partial charge in [-0.25, -0.2) is 4.79 Å². The van der Waals surface area contributed by atoms with Crippen LogP contribution in [0.4, 0.5) is 13.6 Å². The van der Waals surface area contributed by atoms with Crippen molar-refractivity contribution in [3.63, 3.8) is 0 Å². The number of carbonyl (C=O) groups is 2. The van der Waals surface area contributed by atoms with Gasteiger partial charge >= 0.3 is 18.0 Å². The van der Waals surface area contributed by atoms with E-state index in [0.717, 1.165) is 5.56 Å². The van der Waals surface area contributed by atoms with E-state index in [4.69, 9.17) is 9.47 Å². The Morgan fingerprint density at radius 3 is 2.36 bits per heavy atom. The largest absolute Gasteiger partial charge is 0.445 e. The maximum absolute atomic E-state index is 15.0. The number of alkyl carbamates (subject to hydrolysis) is 1. The van der Waals surface area contributed by atoms with E-state index in [-0.39, 0.29) is 19.4 Å². The molecule has 0 radical (unpaired) electrons. The topological polar surface area (TPSA) is 64.6 Å². The molecule has 2 rings (SSSR count). The predicted octanol–water partition coefficient (Wildman–Crippen LogP) is 5.19. The fourth-order valence-electron chi connectivity index (χ4n) is 3.18. The highest BCUT2D eigenvalue weighted by Crippen LogP contribution is 2.42. The zero-order valence-corrected chi connectivity index (χ0v) is 16.7. The van der Waals surface area contributed by atoms with Crippen molar-refractivity contribution in [2.75, 3.05) is 0 Å². The minimum atomic E-state index is -3.39. The smallest absolute Gasteiger partial charge is 0.410 e. The molecule has 1 aromatic rings. The molecule has 0 spiro atoms. The Bertz CT molecular complexity index is 673. The van der Waals surface area contributed by atoms with Crippen LogP contribution in [0.15, 0.2) is 30.3 Å². The van der Waals surface area contributed by atoms with Crippen LogP contribution in [0.25, 0.3) is 0 Å². The number of alkyl halides is 2. The number of nitrogens with one attached hydrogen (secondary N) is 1. The first-order valence-corrected chi connectivity index (χ1v) is 9.62. The molecule has 1 aliphatic rings. The van der Waals surface area contributed by atoms with Crippen LogP contribution in [0, 0.1) is 5.41 Å². The summed E-state index contributed by atoms with van der Waals surface area (Å²) >= 11 is 0.